The SMILES string of the molecule is Nc1cc(C(=O)OCc2cccc(F)c2Br)c(Br)cc1F. The number of nitrogen functional groups attached to an aromatic ring is 1. The van der Waals surface area contributed by atoms with Gasteiger partial charge in [0.2, 0.25) is 0 Å². The Balaban J connectivity index is 2.16. The van der Waals surface area contributed by atoms with Gasteiger partial charge in [-0.05, 0) is 50.1 Å². The second-order valence-electron chi connectivity index (χ2n) is 4.14. The molecule has 0 aliphatic carbocycles. The minimum Gasteiger partial charge on any atom is -0.457 e. The van der Waals surface area contributed by atoms with E-state index in [1.54, 1.807) is 6.07 Å². The smallest absolute Gasteiger partial charge is 0.339 e. The number of anilines is 1. The molecule has 0 saturated heterocycles. The van der Waals surface area contributed by atoms with E-state index in [-0.39, 0.29) is 26.8 Å². The maximum atomic E-state index is 13.3. The van der Waals surface area contributed by atoms with Crippen molar-refractivity contribution in [3.05, 3.63) is 62.0 Å². The molecule has 2 rings (SSSR count). The molecule has 7 heteroatoms. The van der Waals surface area contributed by atoms with E-state index in [2.05, 4.69) is 31.9 Å². The number of ether oxygens (including phenoxy) is 1. The normalized spacial score (nSPS) is 10.5. The molecule has 0 aromatic heterocycles. The molecule has 21 heavy (non-hydrogen) atoms. The van der Waals surface area contributed by atoms with E-state index < -0.39 is 17.6 Å². The summed E-state index contributed by atoms with van der Waals surface area (Å²) in [6.45, 7) is -0.124. The van der Waals surface area contributed by atoms with Crippen molar-refractivity contribution in [3.8, 4) is 0 Å². The summed E-state index contributed by atoms with van der Waals surface area (Å²) >= 11 is 6.15. The molecular formula is C14H9Br2F2NO2. The second kappa shape index (κ2) is 6.53. The zero-order chi connectivity index (χ0) is 15.6. The van der Waals surface area contributed by atoms with Gasteiger partial charge in [-0.1, -0.05) is 12.1 Å². The lowest BCUT2D eigenvalue weighted by Gasteiger charge is -2.09. The Bertz CT molecular complexity index is 708. The molecule has 2 aromatic carbocycles. The molecule has 2 aromatic rings. The Kier molecular flexibility index (Phi) is 4.95. The molecule has 0 amide bonds. The highest BCUT2D eigenvalue weighted by Crippen LogP contribution is 2.25. The van der Waals surface area contributed by atoms with Gasteiger partial charge >= 0.3 is 5.97 Å². The van der Waals surface area contributed by atoms with Crippen LogP contribution in [0.25, 0.3) is 0 Å². The van der Waals surface area contributed by atoms with Gasteiger partial charge in [-0.2, -0.15) is 0 Å². The molecule has 3 nitrogen and oxygen atoms in total. The molecule has 0 spiro atoms. The van der Waals surface area contributed by atoms with E-state index in [0.29, 0.717) is 5.56 Å². The van der Waals surface area contributed by atoms with Crippen molar-refractivity contribution in [3.63, 3.8) is 0 Å². The van der Waals surface area contributed by atoms with Crippen molar-refractivity contribution in [2.75, 3.05) is 5.73 Å². The van der Waals surface area contributed by atoms with Crippen molar-refractivity contribution in [2.45, 2.75) is 6.61 Å². The zero-order valence-electron chi connectivity index (χ0n) is 10.5. The van der Waals surface area contributed by atoms with Crippen LogP contribution in [0, 0.1) is 11.6 Å². The fourth-order valence-electron chi connectivity index (χ4n) is 1.60. The predicted octanol–water partition coefficient (Wildman–Crippen LogP) is 4.43. The Morgan fingerprint density at radius 3 is 2.62 bits per heavy atom. The second-order valence-corrected chi connectivity index (χ2v) is 5.79. The minimum absolute atomic E-state index is 0.0985. The number of hydrogen-bond acceptors (Lipinski definition) is 3. The maximum Gasteiger partial charge on any atom is 0.339 e. The van der Waals surface area contributed by atoms with Crippen LogP contribution >= 0.6 is 31.9 Å². The zero-order valence-corrected chi connectivity index (χ0v) is 13.7. The van der Waals surface area contributed by atoms with Gasteiger partial charge in [-0.3, -0.25) is 0 Å². The molecular weight excluding hydrogens is 412 g/mol. The first kappa shape index (κ1) is 15.9. The summed E-state index contributed by atoms with van der Waals surface area (Å²) in [5, 5.41) is 0. The summed E-state index contributed by atoms with van der Waals surface area (Å²) in [6.07, 6.45) is 0. The number of rotatable bonds is 3. The van der Waals surface area contributed by atoms with E-state index in [4.69, 9.17) is 10.5 Å². The topological polar surface area (TPSA) is 52.3 Å². The highest BCUT2D eigenvalue weighted by atomic mass is 79.9. The van der Waals surface area contributed by atoms with Crippen LogP contribution in [0.15, 0.2) is 39.3 Å². The number of nitrogens with two attached hydrogens (primary N) is 1. The summed E-state index contributed by atoms with van der Waals surface area (Å²) in [4.78, 5) is 12.0. The number of esters is 1. The average Bonchev–Trinajstić information content (AvgIpc) is 2.44. The third-order valence-corrected chi connectivity index (χ3v) is 4.24. The quantitative estimate of drug-likeness (QED) is 0.590. The fraction of sp³-hybridized carbons (Fsp3) is 0.0714. The van der Waals surface area contributed by atoms with Gasteiger partial charge in [0.25, 0.3) is 0 Å². The number of hydrogen-bond donors (Lipinski definition) is 1. The lowest BCUT2D eigenvalue weighted by Crippen LogP contribution is -2.08. The molecule has 110 valence electrons. The number of benzene rings is 2. The van der Waals surface area contributed by atoms with Crippen molar-refractivity contribution in [1.29, 1.82) is 0 Å². The van der Waals surface area contributed by atoms with Crippen LogP contribution in [0.5, 0.6) is 0 Å². The Hall–Kier alpha value is -1.47. The van der Waals surface area contributed by atoms with Crippen LogP contribution in [0.2, 0.25) is 0 Å². The van der Waals surface area contributed by atoms with Gasteiger partial charge in [0.15, 0.2) is 0 Å². The van der Waals surface area contributed by atoms with Gasteiger partial charge in [0, 0.05) is 10.0 Å². The van der Waals surface area contributed by atoms with Crippen LogP contribution in [-0.2, 0) is 11.3 Å². The van der Waals surface area contributed by atoms with Crippen molar-refractivity contribution in [2.24, 2.45) is 0 Å². The summed E-state index contributed by atoms with van der Waals surface area (Å²) in [7, 11) is 0. The van der Waals surface area contributed by atoms with Crippen molar-refractivity contribution >= 4 is 43.5 Å². The Morgan fingerprint density at radius 2 is 1.90 bits per heavy atom. The summed E-state index contributed by atoms with van der Waals surface area (Å²) in [5.41, 5.74) is 5.84. The highest BCUT2D eigenvalue weighted by molar-refractivity contribution is 9.10. The minimum atomic E-state index is -0.690. The Morgan fingerprint density at radius 1 is 1.19 bits per heavy atom. The van der Waals surface area contributed by atoms with E-state index >= 15 is 0 Å². The molecule has 0 fully saturated rings. The van der Waals surface area contributed by atoms with E-state index in [1.165, 1.54) is 18.2 Å². The van der Waals surface area contributed by atoms with E-state index in [9.17, 15) is 13.6 Å². The first-order chi connectivity index (χ1) is 9.90. The molecule has 2 N–H and O–H groups in total. The molecule has 0 atom stereocenters. The standard InChI is InChI=1S/C14H9Br2F2NO2/c15-9-5-11(18)12(19)4-8(9)14(20)21-6-7-2-1-3-10(17)13(7)16/h1-5H,6,19H2. The summed E-state index contributed by atoms with van der Waals surface area (Å²) in [5.74, 6) is -1.77. The van der Waals surface area contributed by atoms with Gasteiger partial charge in [0.05, 0.1) is 15.7 Å². The highest BCUT2D eigenvalue weighted by Gasteiger charge is 2.16. The van der Waals surface area contributed by atoms with Crippen LogP contribution in [-0.4, -0.2) is 5.97 Å². The fourth-order valence-corrected chi connectivity index (χ4v) is 2.46. The first-order valence-corrected chi connectivity index (χ1v) is 7.33. The van der Waals surface area contributed by atoms with Crippen LogP contribution in [0.3, 0.4) is 0 Å². The third-order valence-electron chi connectivity index (χ3n) is 2.70. The third kappa shape index (κ3) is 3.59. The lowest BCUT2D eigenvalue weighted by atomic mass is 10.2. The molecule has 0 aliphatic rings. The molecule has 0 radical (unpaired) electrons. The van der Waals surface area contributed by atoms with Gasteiger partial charge < -0.3 is 10.5 Å². The predicted molar refractivity (Wildman–Crippen MR) is 81.7 cm³/mol. The largest absolute Gasteiger partial charge is 0.457 e. The van der Waals surface area contributed by atoms with Crippen molar-refractivity contribution in [1.82, 2.24) is 0 Å². The lowest BCUT2D eigenvalue weighted by molar-refractivity contribution is 0.0470. The molecule has 0 heterocycles. The molecule has 0 unspecified atom stereocenters. The van der Waals surface area contributed by atoms with Crippen LogP contribution in [0.1, 0.15) is 15.9 Å². The monoisotopic (exact) mass is 419 g/mol. The van der Waals surface area contributed by atoms with Gasteiger partial charge in [-0.25, -0.2) is 13.6 Å². The molecule has 0 saturated carbocycles. The molecule has 0 aliphatic heterocycles. The van der Waals surface area contributed by atoms with Gasteiger partial charge in [0.1, 0.15) is 18.2 Å². The van der Waals surface area contributed by atoms with Gasteiger partial charge in [-0.15, -0.1) is 0 Å². The van der Waals surface area contributed by atoms with Crippen LogP contribution in [0.4, 0.5) is 14.5 Å². The Labute approximate surface area is 136 Å². The van der Waals surface area contributed by atoms with E-state index in [1.807, 2.05) is 0 Å². The first-order valence-electron chi connectivity index (χ1n) is 5.74. The number of carbonyl (C=O) groups excluding carboxylic acids is 1. The van der Waals surface area contributed by atoms with Crippen LogP contribution < -0.4 is 5.73 Å². The molecule has 0 bridgehead atoms. The van der Waals surface area contributed by atoms with E-state index in [0.717, 1.165) is 6.07 Å². The number of halogens is 4. The average molecular weight is 421 g/mol. The summed E-state index contributed by atoms with van der Waals surface area (Å²) in [6, 6.07) is 6.68. The maximum absolute atomic E-state index is 13.3. The summed E-state index contributed by atoms with van der Waals surface area (Å²) < 4.78 is 32.1. The number of carbonyl (C=O) groups is 1. The van der Waals surface area contributed by atoms with Crippen molar-refractivity contribution < 1.29 is 18.3 Å².